The summed E-state index contributed by atoms with van der Waals surface area (Å²) in [5.41, 5.74) is 0. The standard InChI is InChI=1S/C9H15N3O/c1-6-3-8(4-6)10-5-9-12-11-7(2)13-9/h6,8,10H,3-5H2,1-2H3. The fraction of sp³-hybridized carbons (Fsp3) is 0.778. The molecule has 1 heterocycles. The van der Waals surface area contributed by atoms with Gasteiger partial charge in [0.05, 0.1) is 6.54 Å². The van der Waals surface area contributed by atoms with Crippen molar-refractivity contribution in [2.45, 2.75) is 39.3 Å². The third-order valence-corrected chi connectivity index (χ3v) is 2.48. The molecule has 0 aromatic carbocycles. The van der Waals surface area contributed by atoms with E-state index in [0.717, 1.165) is 5.92 Å². The van der Waals surface area contributed by atoms with E-state index in [1.807, 2.05) is 6.92 Å². The highest BCUT2D eigenvalue weighted by molar-refractivity contribution is 4.85. The topological polar surface area (TPSA) is 51.0 Å². The molecule has 0 bridgehead atoms. The molecule has 2 rings (SSSR count). The number of aromatic nitrogens is 2. The first kappa shape index (κ1) is 8.69. The van der Waals surface area contributed by atoms with E-state index in [0.29, 0.717) is 24.4 Å². The fourth-order valence-corrected chi connectivity index (χ4v) is 1.71. The van der Waals surface area contributed by atoms with Gasteiger partial charge in [-0.1, -0.05) is 6.92 Å². The Bertz CT molecular complexity index is 278. The lowest BCUT2D eigenvalue weighted by Crippen LogP contribution is -2.39. The monoisotopic (exact) mass is 181 g/mol. The lowest BCUT2D eigenvalue weighted by atomic mass is 9.82. The molecule has 72 valence electrons. The molecule has 0 unspecified atom stereocenters. The second kappa shape index (κ2) is 3.46. The fourth-order valence-electron chi connectivity index (χ4n) is 1.71. The lowest BCUT2D eigenvalue weighted by molar-refractivity contribution is 0.233. The number of nitrogens with zero attached hydrogens (tertiary/aromatic N) is 2. The van der Waals surface area contributed by atoms with Gasteiger partial charge in [-0.3, -0.25) is 0 Å². The highest BCUT2D eigenvalue weighted by Crippen LogP contribution is 2.26. The molecule has 13 heavy (non-hydrogen) atoms. The molecule has 4 nitrogen and oxygen atoms in total. The number of hydrogen-bond acceptors (Lipinski definition) is 4. The molecule has 0 aliphatic heterocycles. The van der Waals surface area contributed by atoms with E-state index in [1.54, 1.807) is 0 Å². The van der Waals surface area contributed by atoms with E-state index in [2.05, 4.69) is 22.4 Å². The van der Waals surface area contributed by atoms with Crippen molar-refractivity contribution in [1.29, 1.82) is 0 Å². The molecule has 1 saturated carbocycles. The third-order valence-electron chi connectivity index (χ3n) is 2.48. The second-order valence-electron chi connectivity index (χ2n) is 3.87. The van der Waals surface area contributed by atoms with E-state index in [4.69, 9.17) is 4.42 Å². The summed E-state index contributed by atoms with van der Waals surface area (Å²) in [4.78, 5) is 0. The molecule has 0 spiro atoms. The normalized spacial score (nSPS) is 27.2. The Kier molecular flexibility index (Phi) is 2.31. The van der Waals surface area contributed by atoms with Gasteiger partial charge in [-0.05, 0) is 18.8 Å². The van der Waals surface area contributed by atoms with Gasteiger partial charge in [0.1, 0.15) is 0 Å². The van der Waals surface area contributed by atoms with Gasteiger partial charge in [0.25, 0.3) is 0 Å². The summed E-state index contributed by atoms with van der Waals surface area (Å²) < 4.78 is 5.24. The van der Waals surface area contributed by atoms with Crippen LogP contribution in [0, 0.1) is 12.8 Å². The van der Waals surface area contributed by atoms with E-state index in [9.17, 15) is 0 Å². The smallest absolute Gasteiger partial charge is 0.230 e. The largest absolute Gasteiger partial charge is 0.424 e. The summed E-state index contributed by atoms with van der Waals surface area (Å²) in [6.07, 6.45) is 2.54. The van der Waals surface area contributed by atoms with Crippen LogP contribution in [-0.2, 0) is 6.54 Å². The van der Waals surface area contributed by atoms with Gasteiger partial charge in [-0.2, -0.15) is 0 Å². The van der Waals surface area contributed by atoms with Gasteiger partial charge in [0.15, 0.2) is 0 Å². The van der Waals surface area contributed by atoms with Crippen molar-refractivity contribution in [1.82, 2.24) is 15.5 Å². The van der Waals surface area contributed by atoms with E-state index in [-0.39, 0.29) is 0 Å². The van der Waals surface area contributed by atoms with Gasteiger partial charge in [-0.15, -0.1) is 10.2 Å². The maximum absolute atomic E-state index is 5.24. The second-order valence-corrected chi connectivity index (χ2v) is 3.87. The van der Waals surface area contributed by atoms with E-state index in [1.165, 1.54) is 12.8 Å². The quantitative estimate of drug-likeness (QED) is 0.762. The first-order valence-corrected chi connectivity index (χ1v) is 4.76. The molecule has 1 fully saturated rings. The van der Waals surface area contributed by atoms with Crippen molar-refractivity contribution in [2.75, 3.05) is 0 Å². The highest BCUT2D eigenvalue weighted by atomic mass is 16.4. The van der Waals surface area contributed by atoms with Crippen molar-refractivity contribution in [3.8, 4) is 0 Å². The minimum atomic E-state index is 0.638. The molecule has 1 N–H and O–H groups in total. The summed E-state index contributed by atoms with van der Waals surface area (Å²) in [5, 5.41) is 11.1. The van der Waals surface area contributed by atoms with Gasteiger partial charge < -0.3 is 9.73 Å². The molecule has 1 aromatic rings. The van der Waals surface area contributed by atoms with Crippen LogP contribution in [0.5, 0.6) is 0 Å². The Hall–Kier alpha value is -0.900. The number of nitrogens with one attached hydrogen (secondary N) is 1. The van der Waals surface area contributed by atoms with Gasteiger partial charge in [0.2, 0.25) is 11.8 Å². The predicted octanol–water partition coefficient (Wildman–Crippen LogP) is 1.27. The predicted molar refractivity (Wildman–Crippen MR) is 48.1 cm³/mol. The molecule has 0 amide bonds. The Morgan fingerprint density at radius 1 is 1.46 bits per heavy atom. The summed E-state index contributed by atoms with van der Waals surface area (Å²) in [5.74, 6) is 2.21. The molecule has 0 saturated heterocycles. The Morgan fingerprint density at radius 2 is 2.23 bits per heavy atom. The van der Waals surface area contributed by atoms with Crippen LogP contribution < -0.4 is 5.32 Å². The van der Waals surface area contributed by atoms with Crippen LogP contribution in [0.25, 0.3) is 0 Å². The van der Waals surface area contributed by atoms with Crippen LogP contribution in [0.3, 0.4) is 0 Å². The van der Waals surface area contributed by atoms with Crippen LogP contribution in [0.1, 0.15) is 31.5 Å². The molecule has 1 aliphatic carbocycles. The summed E-state index contributed by atoms with van der Waals surface area (Å²) >= 11 is 0. The van der Waals surface area contributed by atoms with Crippen LogP contribution in [0.2, 0.25) is 0 Å². The van der Waals surface area contributed by atoms with Crippen molar-refractivity contribution < 1.29 is 4.42 Å². The van der Waals surface area contributed by atoms with E-state index >= 15 is 0 Å². The third kappa shape index (κ3) is 2.06. The Labute approximate surface area is 77.7 Å². The minimum absolute atomic E-state index is 0.638. The lowest BCUT2D eigenvalue weighted by Gasteiger charge is -2.32. The molecule has 1 aromatic heterocycles. The van der Waals surface area contributed by atoms with Crippen molar-refractivity contribution >= 4 is 0 Å². The van der Waals surface area contributed by atoms with Gasteiger partial charge in [0, 0.05) is 13.0 Å². The average Bonchev–Trinajstić information content (AvgIpc) is 2.43. The molecule has 4 heteroatoms. The summed E-state index contributed by atoms with van der Waals surface area (Å²) in [6.45, 7) is 4.79. The molecule has 0 atom stereocenters. The van der Waals surface area contributed by atoms with Gasteiger partial charge in [-0.25, -0.2) is 0 Å². The molecule has 1 aliphatic rings. The maximum Gasteiger partial charge on any atom is 0.230 e. The highest BCUT2D eigenvalue weighted by Gasteiger charge is 2.24. The van der Waals surface area contributed by atoms with Crippen molar-refractivity contribution in [3.05, 3.63) is 11.8 Å². The SMILES string of the molecule is Cc1nnc(CNC2CC(C)C2)o1. The van der Waals surface area contributed by atoms with Crippen LogP contribution in [0.4, 0.5) is 0 Å². The molecule has 0 radical (unpaired) electrons. The molecular weight excluding hydrogens is 166 g/mol. The first-order chi connectivity index (χ1) is 6.24. The zero-order chi connectivity index (χ0) is 9.26. The van der Waals surface area contributed by atoms with Crippen molar-refractivity contribution in [2.24, 2.45) is 5.92 Å². The summed E-state index contributed by atoms with van der Waals surface area (Å²) in [6, 6.07) is 0.655. The minimum Gasteiger partial charge on any atom is -0.424 e. The first-order valence-electron chi connectivity index (χ1n) is 4.76. The molecular formula is C9H15N3O. The zero-order valence-electron chi connectivity index (χ0n) is 8.08. The number of hydrogen-bond donors (Lipinski definition) is 1. The zero-order valence-corrected chi connectivity index (χ0v) is 8.08. The average molecular weight is 181 g/mol. The van der Waals surface area contributed by atoms with Crippen LogP contribution in [0.15, 0.2) is 4.42 Å². The Balaban J connectivity index is 1.74. The summed E-state index contributed by atoms with van der Waals surface area (Å²) in [7, 11) is 0. The van der Waals surface area contributed by atoms with E-state index < -0.39 is 0 Å². The van der Waals surface area contributed by atoms with Crippen LogP contribution in [-0.4, -0.2) is 16.2 Å². The van der Waals surface area contributed by atoms with Gasteiger partial charge >= 0.3 is 0 Å². The Morgan fingerprint density at radius 3 is 2.77 bits per heavy atom. The van der Waals surface area contributed by atoms with Crippen LogP contribution >= 0.6 is 0 Å². The number of rotatable bonds is 3. The maximum atomic E-state index is 5.24. The van der Waals surface area contributed by atoms with Crippen molar-refractivity contribution in [3.63, 3.8) is 0 Å². The number of aryl methyl sites for hydroxylation is 1.